The third kappa shape index (κ3) is 2.50. The zero-order valence-corrected chi connectivity index (χ0v) is 15.5. The Morgan fingerprint density at radius 3 is 1.86 bits per heavy atom. The van der Waals surface area contributed by atoms with Crippen LogP contribution in [0.25, 0.3) is 21.5 Å². The van der Waals surface area contributed by atoms with Gasteiger partial charge in [-0.25, -0.2) is 4.79 Å². The molecule has 4 aromatic carbocycles. The van der Waals surface area contributed by atoms with Crippen LogP contribution in [-0.2, 0) is 0 Å². The van der Waals surface area contributed by atoms with Crippen LogP contribution in [0.4, 0.5) is 21.0 Å². The summed E-state index contributed by atoms with van der Waals surface area (Å²) in [4.78, 5) is 26.9. The standard InChI is InChI=1S/C23H15N3O3/c1-14-10-12-15(13-11-14)25-22(28)24-26(23(25)29)20-16-6-2-4-8-18(16)21(27)19-9-5-3-7-17(19)20/h2-13H,1H3. The fourth-order valence-electron chi connectivity index (χ4n) is 3.70. The number of rotatable bonds is 2. The highest BCUT2D eigenvalue weighted by Gasteiger charge is 2.46. The zero-order valence-electron chi connectivity index (χ0n) is 15.5. The monoisotopic (exact) mass is 381 g/mol. The van der Waals surface area contributed by atoms with Gasteiger partial charge in [0.2, 0.25) is 0 Å². The number of nitrogens with zero attached hydrogens (tertiary/aromatic N) is 3. The summed E-state index contributed by atoms with van der Waals surface area (Å²) >= 11 is 0. The van der Waals surface area contributed by atoms with Crippen molar-refractivity contribution in [3.05, 3.63) is 78.4 Å². The van der Waals surface area contributed by atoms with Crippen LogP contribution in [0, 0.1) is 6.92 Å². The van der Waals surface area contributed by atoms with E-state index in [9.17, 15) is 14.7 Å². The number of urea groups is 2. The molecule has 0 bridgehead atoms. The molecule has 1 aliphatic heterocycles. The van der Waals surface area contributed by atoms with Gasteiger partial charge >= 0.3 is 12.1 Å². The van der Waals surface area contributed by atoms with E-state index in [1.54, 1.807) is 60.7 Å². The molecule has 1 aliphatic rings. The summed E-state index contributed by atoms with van der Waals surface area (Å²) < 4.78 is 1.10. The number of amides is 4. The number of hydrogen-bond donors (Lipinski definition) is 0. The van der Waals surface area contributed by atoms with E-state index in [1.807, 2.05) is 19.1 Å². The van der Waals surface area contributed by atoms with Crippen LogP contribution < -0.4 is 10.0 Å². The molecule has 0 unspecified atom stereocenters. The van der Waals surface area contributed by atoms with Crippen LogP contribution in [0.15, 0.2) is 77.9 Å². The molecule has 0 atom stereocenters. The summed E-state index contributed by atoms with van der Waals surface area (Å²) in [6, 6.07) is 19.9. The molecule has 5 rings (SSSR count). The van der Waals surface area contributed by atoms with E-state index in [-0.39, 0.29) is 5.75 Å². The molecular weight excluding hydrogens is 366 g/mol. The van der Waals surface area contributed by atoms with Gasteiger partial charge in [-0.05, 0) is 29.8 Å². The zero-order chi connectivity index (χ0) is 20.1. The van der Waals surface area contributed by atoms with Crippen molar-refractivity contribution in [1.29, 1.82) is 0 Å². The predicted octanol–water partition coefficient (Wildman–Crippen LogP) is 5.23. The van der Waals surface area contributed by atoms with Crippen molar-refractivity contribution in [2.75, 3.05) is 4.90 Å². The fraction of sp³-hybridized carbons (Fsp3) is 0.0435. The third-order valence-electron chi connectivity index (χ3n) is 5.11. The van der Waals surface area contributed by atoms with Crippen molar-refractivity contribution in [3.8, 4) is 5.75 Å². The Bertz CT molecular complexity index is 1300. The van der Waals surface area contributed by atoms with Gasteiger partial charge in [-0.3, -0.25) is 0 Å². The van der Waals surface area contributed by atoms with E-state index in [2.05, 4.69) is 5.11 Å². The Labute approximate surface area is 165 Å². The van der Waals surface area contributed by atoms with Gasteiger partial charge in [-0.1, -0.05) is 81.6 Å². The Hall–Kier alpha value is -4.06. The first-order valence-corrected chi connectivity index (χ1v) is 9.13. The van der Waals surface area contributed by atoms with E-state index in [0.29, 0.717) is 32.9 Å². The number of imide groups is 1. The second-order valence-electron chi connectivity index (χ2n) is 6.92. The molecule has 4 amide bonds. The summed E-state index contributed by atoms with van der Waals surface area (Å²) in [6.45, 7) is 1.93. The highest BCUT2D eigenvalue weighted by Crippen LogP contribution is 2.42. The van der Waals surface area contributed by atoms with Gasteiger partial charge in [0.1, 0.15) is 5.69 Å². The lowest BCUT2D eigenvalue weighted by atomic mass is 9.99. The second-order valence-corrected chi connectivity index (χ2v) is 6.92. The summed E-state index contributed by atoms with van der Waals surface area (Å²) in [5, 5.41) is 19.0. The molecular formula is C23H15N3O3. The van der Waals surface area contributed by atoms with Crippen molar-refractivity contribution in [1.82, 2.24) is 0 Å². The maximum absolute atomic E-state index is 13.2. The van der Waals surface area contributed by atoms with Crippen LogP contribution in [0.3, 0.4) is 0 Å². The highest BCUT2D eigenvalue weighted by atomic mass is 16.3. The average molecular weight is 381 g/mol. The van der Waals surface area contributed by atoms with Gasteiger partial charge in [0.05, 0.1) is 0 Å². The van der Waals surface area contributed by atoms with Gasteiger partial charge in [0.25, 0.3) is 0 Å². The molecule has 1 heterocycles. The van der Waals surface area contributed by atoms with Gasteiger partial charge in [-0.15, -0.1) is 0 Å². The van der Waals surface area contributed by atoms with Crippen molar-refractivity contribution in [2.24, 2.45) is 5.11 Å². The first kappa shape index (κ1) is 17.1. The molecule has 0 N–H and O–H groups in total. The van der Waals surface area contributed by atoms with Crippen molar-refractivity contribution < 1.29 is 19.4 Å². The molecule has 0 saturated heterocycles. The quantitative estimate of drug-likeness (QED) is 0.352. The van der Waals surface area contributed by atoms with Gasteiger partial charge in [0.15, 0.2) is 5.69 Å². The summed E-state index contributed by atoms with van der Waals surface area (Å²) in [7, 11) is 0. The summed E-state index contributed by atoms with van der Waals surface area (Å²) in [6.07, 6.45) is 0. The summed E-state index contributed by atoms with van der Waals surface area (Å²) in [5.41, 5.74) is 1.90. The fourth-order valence-corrected chi connectivity index (χ4v) is 3.70. The van der Waals surface area contributed by atoms with Gasteiger partial charge < -0.3 is 5.11 Å². The van der Waals surface area contributed by atoms with E-state index in [1.165, 1.54) is 0 Å². The number of carbonyl (C=O) groups excluding carboxylic acids is 2. The predicted molar refractivity (Wildman–Crippen MR) is 108 cm³/mol. The van der Waals surface area contributed by atoms with Crippen LogP contribution >= 0.6 is 0 Å². The molecule has 6 heteroatoms. The van der Waals surface area contributed by atoms with Crippen molar-refractivity contribution in [3.63, 3.8) is 0 Å². The van der Waals surface area contributed by atoms with E-state index >= 15 is 0 Å². The topological polar surface area (TPSA) is 75.8 Å². The Morgan fingerprint density at radius 2 is 1.31 bits per heavy atom. The number of anilines is 1. The first-order chi connectivity index (χ1) is 14.1. The number of hydrogen-bond acceptors (Lipinski definition) is 3. The van der Waals surface area contributed by atoms with E-state index in [4.69, 9.17) is 0 Å². The van der Waals surface area contributed by atoms with Crippen LogP contribution in [-0.4, -0.2) is 16.8 Å². The Balaban J connectivity index is 1.76. The molecule has 4 aromatic rings. The van der Waals surface area contributed by atoms with E-state index in [0.717, 1.165) is 15.2 Å². The molecule has 0 fully saturated rings. The normalized spacial score (nSPS) is 14.1. The minimum absolute atomic E-state index is 0.117. The number of azo groups is 2. The summed E-state index contributed by atoms with van der Waals surface area (Å²) in [5.74, 6) is -0.117. The lowest BCUT2D eigenvalue weighted by Crippen LogP contribution is -2.31. The van der Waals surface area contributed by atoms with Gasteiger partial charge in [-0.2, -0.15) is 4.79 Å². The Morgan fingerprint density at radius 1 is 0.793 bits per heavy atom. The van der Waals surface area contributed by atoms with Crippen molar-refractivity contribution >= 4 is 45.0 Å². The molecule has 29 heavy (non-hydrogen) atoms. The molecule has 0 aromatic heterocycles. The SMILES string of the molecule is Cc1ccc(N2C(=O)N=[N+](c3c4ccccc4c([O-])c4ccccc34)C2=O)cc1. The lowest BCUT2D eigenvalue weighted by Gasteiger charge is -2.17. The van der Waals surface area contributed by atoms with E-state index < -0.39 is 12.1 Å². The average Bonchev–Trinajstić information content (AvgIpc) is 3.03. The maximum Gasteiger partial charge on any atom is 0.534 e. The second kappa shape index (κ2) is 6.24. The largest absolute Gasteiger partial charge is 0.872 e. The number of aryl methyl sites for hydroxylation is 1. The minimum Gasteiger partial charge on any atom is -0.872 e. The minimum atomic E-state index is -0.668. The molecule has 6 nitrogen and oxygen atoms in total. The molecule has 0 radical (unpaired) electrons. The third-order valence-corrected chi connectivity index (χ3v) is 5.11. The first-order valence-electron chi connectivity index (χ1n) is 9.13. The van der Waals surface area contributed by atoms with Crippen molar-refractivity contribution in [2.45, 2.75) is 6.92 Å². The molecule has 0 spiro atoms. The molecule has 0 aliphatic carbocycles. The number of fused-ring (bicyclic) bond motifs is 2. The number of carbonyl (C=O) groups is 2. The van der Waals surface area contributed by atoms with Crippen LogP contribution in [0.5, 0.6) is 5.75 Å². The maximum atomic E-state index is 13.2. The molecule has 140 valence electrons. The highest BCUT2D eigenvalue weighted by molar-refractivity contribution is 6.17. The lowest BCUT2D eigenvalue weighted by molar-refractivity contribution is -0.391. The van der Waals surface area contributed by atoms with Crippen LogP contribution in [0.2, 0.25) is 0 Å². The van der Waals surface area contributed by atoms with Crippen LogP contribution in [0.1, 0.15) is 5.56 Å². The molecule has 0 saturated carbocycles. The smallest absolute Gasteiger partial charge is 0.534 e. The Kier molecular flexibility index (Phi) is 3.67. The number of benzene rings is 4. The van der Waals surface area contributed by atoms with Gasteiger partial charge in [0, 0.05) is 15.9 Å².